The van der Waals surface area contributed by atoms with Crippen molar-refractivity contribution >= 4 is 17.5 Å². The molecule has 0 radical (unpaired) electrons. The van der Waals surface area contributed by atoms with E-state index in [4.69, 9.17) is 21.9 Å². The Kier molecular flexibility index (Phi) is 4.28. The lowest BCUT2D eigenvalue weighted by Gasteiger charge is -2.07. The van der Waals surface area contributed by atoms with Gasteiger partial charge in [-0.2, -0.15) is 0 Å². The summed E-state index contributed by atoms with van der Waals surface area (Å²) in [6.45, 7) is 3.53. The molecular weight excluding hydrogens is 330 g/mol. The van der Waals surface area contributed by atoms with E-state index in [2.05, 4.69) is 20.6 Å². The quantitative estimate of drug-likeness (QED) is 0.430. The minimum Gasteiger partial charge on any atom is -0.416 e. The summed E-state index contributed by atoms with van der Waals surface area (Å²) in [5, 5.41) is 8.65. The van der Waals surface area contributed by atoms with Gasteiger partial charge in [0.15, 0.2) is 0 Å². The van der Waals surface area contributed by atoms with E-state index in [9.17, 15) is 4.79 Å². The highest BCUT2D eigenvalue weighted by molar-refractivity contribution is 6.30. The van der Waals surface area contributed by atoms with Crippen LogP contribution in [0.5, 0.6) is 0 Å². The van der Waals surface area contributed by atoms with E-state index in [0.717, 1.165) is 0 Å². The number of carbonyl (C=O) groups excluding carboxylic acids is 1. The van der Waals surface area contributed by atoms with Gasteiger partial charge in [0.05, 0.1) is 22.5 Å². The monoisotopic (exact) mass is 343 g/mol. The average molecular weight is 344 g/mol. The zero-order valence-corrected chi connectivity index (χ0v) is 13.8. The maximum Gasteiger partial charge on any atom is 0.267 e. The molecule has 2 aromatic heterocycles. The Bertz CT molecular complexity index is 923. The summed E-state index contributed by atoms with van der Waals surface area (Å²) >= 11 is 5.98. The first kappa shape index (κ1) is 16.1. The van der Waals surface area contributed by atoms with E-state index in [1.165, 1.54) is 0 Å². The van der Waals surface area contributed by atoms with Crippen LogP contribution in [0.25, 0.3) is 22.9 Å². The number of carbonyl (C=O) groups is 1. The fraction of sp³-hybridized carbons (Fsp3) is 0.125. The van der Waals surface area contributed by atoms with Crippen molar-refractivity contribution in [1.82, 2.24) is 20.6 Å². The van der Waals surface area contributed by atoms with E-state index in [-0.39, 0.29) is 5.89 Å². The second-order valence-corrected chi connectivity index (χ2v) is 5.59. The van der Waals surface area contributed by atoms with Crippen LogP contribution >= 0.6 is 11.6 Å². The molecule has 122 valence electrons. The number of nitrogens with zero attached hydrogens (tertiary/aromatic N) is 3. The molecule has 0 saturated heterocycles. The maximum absolute atomic E-state index is 11.8. The lowest BCUT2D eigenvalue weighted by atomic mass is 10.1. The number of amides is 1. The molecule has 0 fully saturated rings. The molecule has 7 nitrogen and oxygen atoms in total. The molecule has 0 bridgehead atoms. The summed E-state index contributed by atoms with van der Waals surface area (Å²) in [6.07, 6.45) is 0. The molecule has 3 N–H and O–H groups in total. The van der Waals surface area contributed by atoms with Crippen LogP contribution < -0.4 is 11.3 Å². The number of nitrogens with two attached hydrogens (primary N) is 1. The summed E-state index contributed by atoms with van der Waals surface area (Å²) in [4.78, 5) is 16.2. The first-order valence-corrected chi connectivity index (χ1v) is 7.46. The van der Waals surface area contributed by atoms with Crippen LogP contribution in [0.15, 0.2) is 34.7 Å². The van der Waals surface area contributed by atoms with Crippen LogP contribution in [-0.2, 0) is 0 Å². The van der Waals surface area contributed by atoms with Crippen LogP contribution in [-0.4, -0.2) is 21.1 Å². The molecule has 8 heteroatoms. The largest absolute Gasteiger partial charge is 0.416 e. The minimum atomic E-state index is -0.434. The van der Waals surface area contributed by atoms with Gasteiger partial charge in [-0.05, 0) is 38.1 Å². The third-order valence-corrected chi connectivity index (χ3v) is 3.74. The van der Waals surface area contributed by atoms with Crippen LogP contribution in [0.4, 0.5) is 0 Å². The number of hydrazine groups is 1. The fourth-order valence-corrected chi connectivity index (χ4v) is 2.51. The van der Waals surface area contributed by atoms with Crippen molar-refractivity contribution < 1.29 is 9.21 Å². The molecule has 1 aromatic carbocycles. The number of pyridine rings is 1. The zero-order chi connectivity index (χ0) is 17.3. The molecule has 3 aromatic rings. The Morgan fingerprint density at radius 2 is 1.92 bits per heavy atom. The highest BCUT2D eigenvalue weighted by atomic mass is 35.5. The molecule has 3 rings (SSSR count). The zero-order valence-electron chi connectivity index (χ0n) is 13.0. The summed E-state index contributed by atoms with van der Waals surface area (Å²) < 4.78 is 5.72. The van der Waals surface area contributed by atoms with Gasteiger partial charge in [0, 0.05) is 10.6 Å². The summed E-state index contributed by atoms with van der Waals surface area (Å²) in [7, 11) is 0. The van der Waals surface area contributed by atoms with E-state index < -0.39 is 5.91 Å². The van der Waals surface area contributed by atoms with Crippen molar-refractivity contribution in [3.05, 3.63) is 52.3 Å². The summed E-state index contributed by atoms with van der Waals surface area (Å²) in [6, 6.07) is 8.73. The number of nitrogen functional groups attached to an aromatic ring is 1. The number of aromatic nitrogens is 3. The standard InChI is InChI=1S/C16H14ClN5O2/c1-8-12(14(23)20-18)7-13(9(2)19-8)16-22-21-15(24-16)10-4-3-5-11(17)6-10/h3-7H,18H2,1-2H3,(H,20,23). The number of hydrogen-bond acceptors (Lipinski definition) is 6. The molecule has 0 saturated carbocycles. The van der Waals surface area contributed by atoms with Crippen LogP contribution in [0.1, 0.15) is 21.7 Å². The summed E-state index contributed by atoms with van der Waals surface area (Å²) in [5.74, 6) is 5.36. The topological polar surface area (TPSA) is 107 Å². The Morgan fingerprint density at radius 1 is 1.17 bits per heavy atom. The molecule has 0 unspecified atom stereocenters. The van der Waals surface area contributed by atoms with Crippen molar-refractivity contribution in [2.45, 2.75) is 13.8 Å². The van der Waals surface area contributed by atoms with E-state index >= 15 is 0 Å². The first-order valence-electron chi connectivity index (χ1n) is 7.08. The minimum absolute atomic E-state index is 0.265. The molecule has 0 aliphatic heterocycles. The number of benzene rings is 1. The second-order valence-electron chi connectivity index (χ2n) is 5.15. The number of hydrogen-bond donors (Lipinski definition) is 2. The van der Waals surface area contributed by atoms with Gasteiger partial charge in [-0.1, -0.05) is 17.7 Å². The Labute approximate surface area is 142 Å². The smallest absolute Gasteiger partial charge is 0.267 e. The average Bonchev–Trinajstić information content (AvgIpc) is 3.04. The third kappa shape index (κ3) is 2.99. The predicted molar refractivity (Wildman–Crippen MR) is 89.1 cm³/mol. The lowest BCUT2D eigenvalue weighted by Crippen LogP contribution is -2.30. The SMILES string of the molecule is Cc1nc(C)c(-c2nnc(-c3cccc(Cl)c3)o2)cc1C(=O)NN. The van der Waals surface area contributed by atoms with Gasteiger partial charge in [0.2, 0.25) is 11.8 Å². The molecule has 0 aliphatic carbocycles. The van der Waals surface area contributed by atoms with Crippen molar-refractivity contribution in [1.29, 1.82) is 0 Å². The van der Waals surface area contributed by atoms with Gasteiger partial charge in [-0.3, -0.25) is 15.2 Å². The van der Waals surface area contributed by atoms with E-state index in [1.54, 1.807) is 38.1 Å². The number of rotatable bonds is 3. The van der Waals surface area contributed by atoms with Gasteiger partial charge < -0.3 is 4.42 Å². The molecule has 0 aliphatic rings. The molecule has 1 amide bonds. The van der Waals surface area contributed by atoms with Gasteiger partial charge in [-0.15, -0.1) is 10.2 Å². The van der Waals surface area contributed by atoms with Crippen molar-refractivity contribution in [3.8, 4) is 22.9 Å². The Morgan fingerprint density at radius 3 is 2.62 bits per heavy atom. The highest BCUT2D eigenvalue weighted by Gasteiger charge is 2.18. The molecular formula is C16H14ClN5O2. The van der Waals surface area contributed by atoms with Crippen LogP contribution in [0.2, 0.25) is 5.02 Å². The predicted octanol–water partition coefficient (Wildman–Crippen LogP) is 2.67. The second kappa shape index (κ2) is 6.38. The molecule has 24 heavy (non-hydrogen) atoms. The maximum atomic E-state index is 11.8. The summed E-state index contributed by atoms with van der Waals surface area (Å²) in [5.41, 5.74) is 4.95. The van der Waals surface area contributed by atoms with E-state index in [1.807, 2.05) is 6.07 Å². The van der Waals surface area contributed by atoms with Crippen molar-refractivity contribution in [2.75, 3.05) is 0 Å². The van der Waals surface area contributed by atoms with Crippen molar-refractivity contribution in [2.24, 2.45) is 5.84 Å². The van der Waals surface area contributed by atoms with E-state index in [0.29, 0.717) is 39.0 Å². The third-order valence-electron chi connectivity index (χ3n) is 3.51. The van der Waals surface area contributed by atoms with Gasteiger partial charge in [0.1, 0.15) is 0 Å². The Balaban J connectivity index is 2.05. The Hall–Kier alpha value is -2.77. The number of halogens is 1. The molecule has 0 spiro atoms. The van der Waals surface area contributed by atoms with Crippen LogP contribution in [0, 0.1) is 13.8 Å². The normalized spacial score (nSPS) is 10.7. The van der Waals surface area contributed by atoms with Crippen LogP contribution in [0.3, 0.4) is 0 Å². The molecule has 0 atom stereocenters. The number of nitrogens with one attached hydrogen (secondary N) is 1. The van der Waals surface area contributed by atoms with Gasteiger partial charge in [0.25, 0.3) is 5.91 Å². The first-order chi connectivity index (χ1) is 11.5. The molecule has 2 heterocycles. The van der Waals surface area contributed by atoms with Gasteiger partial charge >= 0.3 is 0 Å². The number of aryl methyl sites for hydroxylation is 2. The highest BCUT2D eigenvalue weighted by Crippen LogP contribution is 2.28. The lowest BCUT2D eigenvalue weighted by molar-refractivity contribution is 0.0952. The van der Waals surface area contributed by atoms with Gasteiger partial charge in [-0.25, -0.2) is 5.84 Å². The fourth-order valence-electron chi connectivity index (χ4n) is 2.32. The van der Waals surface area contributed by atoms with Crippen molar-refractivity contribution in [3.63, 3.8) is 0 Å².